The summed E-state index contributed by atoms with van der Waals surface area (Å²) in [5.74, 6) is -3.00. The third kappa shape index (κ3) is 9.97. The topological polar surface area (TPSA) is 185 Å². The van der Waals surface area contributed by atoms with Crippen molar-refractivity contribution < 1.29 is 45.0 Å². The largest absolute Gasteiger partial charge is 0.481 e. The fourth-order valence-corrected chi connectivity index (χ4v) is 1.25. The Kier molecular flexibility index (Phi) is 11.2. The van der Waals surface area contributed by atoms with Crippen LogP contribution in [0.25, 0.3) is 0 Å². The molecule has 0 saturated carbocycles. The number of hydrogen-bond acceptors (Lipinski definition) is 7. The summed E-state index contributed by atoms with van der Waals surface area (Å²) in [5, 5.41) is 54.7. The maximum atomic E-state index is 11.3. The van der Waals surface area contributed by atoms with Crippen molar-refractivity contribution in [1.82, 2.24) is 5.32 Å². The molecule has 0 aliphatic rings. The van der Waals surface area contributed by atoms with Gasteiger partial charge in [0, 0.05) is 17.4 Å². The van der Waals surface area contributed by atoms with Crippen LogP contribution in [0.5, 0.6) is 0 Å². The summed E-state index contributed by atoms with van der Waals surface area (Å²) in [7, 11) is 0. The zero-order chi connectivity index (χ0) is 20.4. The van der Waals surface area contributed by atoms with Crippen LogP contribution in [0.3, 0.4) is 0 Å². The van der Waals surface area contributed by atoms with E-state index in [-0.39, 0.29) is 26.2 Å². The van der Waals surface area contributed by atoms with E-state index in [1.807, 2.05) is 0 Å². The molecule has 148 valence electrons. The molecule has 0 aromatic rings. The molecule has 0 aliphatic heterocycles. The minimum Gasteiger partial charge on any atom is -0.481 e. The summed E-state index contributed by atoms with van der Waals surface area (Å²) in [6.07, 6.45) is -3.05. The molecule has 0 bridgehead atoms. The molecule has 0 rings (SSSR count). The van der Waals surface area contributed by atoms with Gasteiger partial charge in [0.15, 0.2) is 6.10 Å². The summed E-state index contributed by atoms with van der Waals surface area (Å²) >= 11 is 0. The van der Waals surface area contributed by atoms with Crippen LogP contribution in [0.15, 0.2) is 0 Å². The number of rotatable bonds is 9. The van der Waals surface area contributed by atoms with Gasteiger partial charge in [-0.15, -0.1) is 0 Å². The van der Waals surface area contributed by atoms with Crippen LogP contribution in [0, 0.1) is 10.8 Å². The molecule has 0 unspecified atom stereocenters. The smallest absolute Gasteiger partial charge is 0.333 e. The van der Waals surface area contributed by atoms with Crippen LogP contribution >= 0.6 is 0 Å². The van der Waals surface area contributed by atoms with Crippen molar-refractivity contribution in [1.29, 1.82) is 0 Å². The van der Waals surface area contributed by atoms with Gasteiger partial charge in [0.1, 0.15) is 6.10 Å². The number of carboxylic acids is 2. The third-order valence-corrected chi connectivity index (χ3v) is 3.42. The molecule has 0 radical (unpaired) electrons. The molecule has 0 aliphatic carbocycles. The van der Waals surface area contributed by atoms with E-state index in [1.54, 1.807) is 0 Å². The van der Waals surface area contributed by atoms with Gasteiger partial charge in [-0.3, -0.25) is 9.59 Å². The van der Waals surface area contributed by atoms with Crippen LogP contribution in [-0.2, 0) is 14.4 Å². The van der Waals surface area contributed by atoms with Crippen molar-refractivity contribution in [2.24, 2.45) is 10.8 Å². The van der Waals surface area contributed by atoms with Crippen LogP contribution in [0.1, 0.15) is 34.1 Å². The molecular formula is C15H29NO9. The second-order valence-corrected chi connectivity index (χ2v) is 6.87. The number of carbonyl (C=O) groups excluding carboxylic acids is 1. The summed E-state index contributed by atoms with van der Waals surface area (Å²) < 4.78 is 0. The van der Waals surface area contributed by atoms with Gasteiger partial charge in [0.05, 0.1) is 19.6 Å². The molecule has 10 nitrogen and oxygen atoms in total. The van der Waals surface area contributed by atoms with Gasteiger partial charge in [-0.1, -0.05) is 27.7 Å². The highest BCUT2D eigenvalue weighted by molar-refractivity contribution is 5.81. The van der Waals surface area contributed by atoms with Crippen molar-refractivity contribution in [2.75, 3.05) is 19.8 Å². The Morgan fingerprint density at radius 2 is 1.28 bits per heavy atom. The predicted octanol–water partition coefficient (Wildman–Crippen LogP) is -1.59. The Morgan fingerprint density at radius 3 is 1.56 bits per heavy atom. The third-order valence-electron chi connectivity index (χ3n) is 3.42. The Bertz CT molecular complexity index is 448. The highest BCUT2D eigenvalue weighted by Crippen LogP contribution is 2.19. The van der Waals surface area contributed by atoms with Gasteiger partial charge in [-0.05, 0) is 0 Å². The lowest BCUT2D eigenvalue weighted by atomic mass is 9.87. The van der Waals surface area contributed by atoms with E-state index in [2.05, 4.69) is 5.32 Å². The maximum absolute atomic E-state index is 11.3. The van der Waals surface area contributed by atoms with E-state index >= 15 is 0 Å². The Hall–Kier alpha value is -1.75. The average molecular weight is 367 g/mol. The second kappa shape index (κ2) is 11.0. The quantitative estimate of drug-likeness (QED) is 0.252. The van der Waals surface area contributed by atoms with E-state index in [0.717, 1.165) is 0 Å². The van der Waals surface area contributed by atoms with Crippen LogP contribution < -0.4 is 5.32 Å². The van der Waals surface area contributed by atoms with Gasteiger partial charge < -0.3 is 36.0 Å². The lowest BCUT2D eigenvalue weighted by molar-refractivity contribution is -0.154. The van der Waals surface area contributed by atoms with Crippen molar-refractivity contribution >= 4 is 17.8 Å². The van der Waals surface area contributed by atoms with E-state index in [9.17, 15) is 19.5 Å². The number of carboxylic acid groups (broad SMARTS) is 2. The number of hydrogen-bond donors (Lipinski definition) is 7. The SMILES string of the molecule is CC(C)(CO)[C@@H](O)C(=O)NCCC(=O)O.CC(C)(CO)[C@@H](O)C(=O)O. The molecular weight excluding hydrogens is 338 g/mol. The Balaban J connectivity index is 0. The average Bonchev–Trinajstić information content (AvgIpc) is 2.53. The molecule has 0 aromatic carbocycles. The van der Waals surface area contributed by atoms with Gasteiger partial charge >= 0.3 is 11.9 Å². The van der Waals surface area contributed by atoms with E-state index < -0.39 is 40.9 Å². The molecule has 0 spiro atoms. The van der Waals surface area contributed by atoms with Gasteiger partial charge in [-0.2, -0.15) is 0 Å². The first-order chi connectivity index (χ1) is 11.2. The molecule has 0 saturated heterocycles. The van der Waals surface area contributed by atoms with Gasteiger partial charge in [0.25, 0.3) is 0 Å². The normalized spacial score (nSPS) is 13.9. The van der Waals surface area contributed by atoms with Crippen LogP contribution in [0.4, 0.5) is 0 Å². The molecule has 25 heavy (non-hydrogen) atoms. The van der Waals surface area contributed by atoms with Crippen LogP contribution in [0.2, 0.25) is 0 Å². The van der Waals surface area contributed by atoms with E-state index in [0.29, 0.717) is 0 Å². The number of aliphatic carboxylic acids is 2. The molecule has 10 heteroatoms. The first-order valence-corrected chi connectivity index (χ1v) is 7.53. The van der Waals surface area contributed by atoms with E-state index in [1.165, 1.54) is 27.7 Å². The minimum atomic E-state index is -1.50. The van der Waals surface area contributed by atoms with Crippen molar-refractivity contribution in [3.63, 3.8) is 0 Å². The lowest BCUT2D eigenvalue weighted by Gasteiger charge is -2.26. The number of aliphatic hydroxyl groups is 4. The molecule has 2 atom stereocenters. The van der Waals surface area contributed by atoms with Crippen molar-refractivity contribution in [3.05, 3.63) is 0 Å². The number of carbonyl (C=O) groups is 3. The monoisotopic (exact) mass is 367 g/mol. The van der Waals surface area contributed by atoms with E-state index in [4.69, 9.17) is 25.5 Å². The molecule has 0 heterocycles. The summed E-state index contributed by atoms with van der Waals surface area (Å²) in [6.45, 7) is 5.31. The predicted molar refractivity (Wildman–Crippen MR) is 86.6 cm³/mol. The zero-order valence-electron chi connectivity index (χ0n) is 14.9. The summed E-state index contributed by atoms with van der Waals surface area (Å²) in [5.41, 5.74) is -1.90. The lowest BCUT2D eigenvalue weighted by Crippen LogP contribution is -2.45. The molecule has 1 amide bonds. The minimum absolute atomic E-state index is 0.0350. The van der Waals surface area contributed by atoms with Crippen molar-refractivity contribution in [3.8, 4) is 0 Å². The Morgan fingerprint density at radius 1 is 0.880 bits per heavy atom. The second-order valence-electron chi connectivity index (χ2n) is 6.87. The number of amides is 1. The fraction of sp³-hybridized carbons (Fsp3) is 0.800. The van der Waals surface area contributed by atoms with Gasteiger partial charge in [0.2, 0.25) is 5.91 Å². The molecule has 7 N–H and O–H groups in total. The first kappa shape index (κ1) is 25.5. The molecule has 0 aromatic heterocycles. The highest BCUT2D eigenvalue weighted by Gasteiger charge is 2.33. The fourth-order valence-electron chi connectivity index (χ4n) is 1.25. The summed E-state index contributed by atoms with van der Waals surface area (Å²) in [6, 6.07) is 0. The molecule has 0 fully saturated rings. The Labute approximate surface area is 146 Å². The standard InChI is InChI=1S/C9H17NO5.C6H12O4/c1-9(2,5-11)7(14)8(15)10-4-3-6(12)13;1-6(2,3-7)4(8)5(9)10/h7,11,14H,3-5H2,1-2H3,(H,10,15)(H,12,13);4,7-8H,3H2,1-2H3,(H,9,10)/t7-;4-/m00/s1. The maximum Gasteiger partial charge on any atom is 0.333 e. The van der Waals surface area contributed by atoms with Crippen LogP contribution in [-0.4, -0.2) is 80.5 Å². The number of aliphatic hydroxyl groups excluding tert-OH is 4. The zero-order valence-corrected chi connectivity index (χ0v) is 14.9. The number of nitrogens with one attached hydrogen (secondary N) is 1. The first-order valence-electron chi connectivity index (χ1n) is 7.53. The highest BCUT2D eigenvalue weighted by atomic mass is 16.4. The van der Waals surface area contributed by atoms with Crippen molar-refractivity contribution in [2.45, 2.75) is 46.3 Å². The summed E-state index contributed by atoms with van der Waals surface area (Å²) in [4.78, 5) is 31.6. The van der Waals surface area contributed by atoms with Gasteiger partial charge in [-0.25, -0.2) is 4.79 Å².